The molecule has 0 amide bonds. The number of nitro groups is 3. The van der Waals surface area contributed by atoms with E-state index in [-0.39, 0.29) is 28.0 Å². The largest absolute Gasteiger partial charge is 0.508 e. The first-order valence-electron chi connectivity index (χ1n) is 13.7. The van der Waals surface area contributed by atoms with Crippen molar-refractivity contribution < 1.29 is 61.1 Å². The SMILES string of the molecule is N#[N+]c1cc(S(=O)(=O)O)cc2cc(S(=O)(=O)O)cc(O)c12.N#[N+]c1cc([N+](=O)[O-])cc([N+](=O)[O-])c1O.N#[N+]c1ccc([N+](=O)[O-])cc1.Oc1cccc(O)c1. The van der Waals surface area contributed by atoms with Crippen molar-refractivity contribution in [1.29, 1.82) is 16.2 Å². The Labute approximate surface area is 305 Å². The Kier molecular flexibility index (Phi) is 14.0. The van der Waals surface area contributed by atoms with Gasteiger partial charge in [-0.15, -0.1) is 0 Å². The van der Waals surface area contributed by atoms with E-state index in [2.05, 4.69) is 14.9 Å². The highest BCUT2D eigenvalue weighted by Gasteiger charge is 2.31. The average Bonchev–Trinajstić information content (AvgIpc) is 3.10. The number of benzene rings is 5. The smallest absolute Gasteiger partial charge is 0.440 e. The van der Waals surface area contributed by atoms with Crippen LogP contribution in [0, 0.1) is 46.5 Å². The molecule has 0 unspecified atom stereocenters. The van der Waals surface area contributed by atoms with Crippen LogP contribution in [0.5, 0.6) is 23.0 Å². The molecule has 0 heterocycles. The Balaban J connectivity index is 0.000000269. The number of aromatic hydroxyl groups is 4. The van der Waals surface area contributed by atoms with Crippen molar-refractivity contribution in [2.24, 2.45) is 0 Å². The summed E-state index contributed by atoms with van der Waals surface area (Å²) in [5.41, 5.74) is -2.28. The maximum atomic E-state index is 11.1. The van der Waals surface area contributed by atoms with Crippen molar-refractivity contribution in [3.8, 4) is 23.0 Å². The summed E-state index contributed by atoms with van der Waals surface area (Å²) in [6, 6.07) is 15.6. The lowest BCUT2D eigenvalue weighted by atomic mass is 10.1. The van der Waals surface area contributed by atoms with E-state index < -0.39 is 79.0 Å². The number of hydrogen-bond acceptors (Lipinski definition) is 17. The van der Waals surface area contributed by atoms with Gasteiger partial charge in [0, 0.05) is 36.4 Å². The fourth-order valence-electron chi connectivity index (χ4n) is 3.84. The van der Waals surface area contributed by atoms with Crippen LogP contribution in [0.3, 0.4) is 0 Å². The third-order valence-electron chi connectivity index (χ3n) is 6.23. The van der Waals surface area contributed by atoms with Gasteiger partial charge in [0.1, 0.15) is 33.6 Å². The lowest BCUT2D eigenvalue weighted by Gasteiger charge is -2.04. The zero-order valence-corrected chi connectivity index (χ0v) is 28.3. The first kappa shape index (κ1) is 43.0. The lowest BCUT2D eigenvalue weighted by molar-refractivity contribution is -0.394. The number of non-ortho nitro benzene ring substituents is 2. The highest BCUT2D eigenvalue weighted by molar-refractivity contribution is 7.86. The molecule has 0 aliphatic rings. The van der Waals surface area contributed by atoms with Crippen molar-refractivity contribution in [3.63, 3.8) is 0 Å². The summed E-state index contributed by atoms with van der Waals surface area (Å²) in [4.78, 5) is 35.1. The summed E-state index contributed by atoms with van der Waals surface area (Å²) in [7, 11) is -9.30. The molecule has 0 saturated carbocycles. The molecule has 5 aromatic rings. The van der Waals surface area contributed by atoms with Crippen LogP contribution in [0.15, 0.2) is 94.7 Å². The zero-order chi connectivity index (χ0) is 41.8. The highest BCUT2D eigenvalue weighted by Crippen LogP contribution is 2.40. The van der Waals surface area contributed by atoms with Gasteiger partial charge in [0.15, 0.2) is 14.9 Å². The maximum absolute atomic E-state index is 11.1. The molecule has 5 rings (SSSR count). The predicted octanol–water partition coefficient (Wildman–Crippen LogP) is 6.39. The fourth-order valence-corrected chi connectivity index (χ4v) is 4.91. The van der Waals surface area contributed by atoms with Crippen LogP contribution >= 0.6 is 0 Å². The second kappa shape index (κ2) is 17.9. The topological polar surface area (TPSA) is 404 Å². The third-order valence-corrected chi connectivity index (χ3v) is 7.90. The molecule has 0 bridgehead atoms. The van der Waals surface area contributed by atoms with Gasteiger partial charge in [-0.1, -0.05) is 6.07 Å². The van der Waals surface area contributed by atoms with Crippen molar-refractivity contribution in [2.75, 3.05) is 0 Å². The normalized spacial score (nSPS) is 10.2. The van der Waals surface area contributed by atoms with E-state index >= 15 is 0 Å². The number of diazo groups is 3. The summed E-state index contributed by atoms with van der Waals surface area (Å²) < 4.78 is 62.3. The Bertz CT molecular complexity index is 2650. The quantitative estimate of drug-likeness (QED) is 0.0484. The summed E-state index contributed by atoms with van der Waals surface area (Å²) in [6.45, 7) is 0. The molecular weight excluding hydrogens is 782 g/mol. The molecule has 25 nitrogen and oxygen atoms in total. The summed E-state index contributed by atoms with van der Waals surface area (Å²) in [6.07, 6.45) is 0. The van der Waals surface area contributed by atoms with Crippen molar-refractivity contribution in [2.45, 2.75) is 9.79 Å². The van der Waals surface area contributed by atoms with Gasteiger partial charge in [0.25, 0.3) is 37.4 Å². The second-order valence-electron chi connectivity index (χ2n) is 9.87. The summed E-state index contributed by atoms with van der Waals surface area (Å²) in [5, 5.41) is 92.1. The molecule has 0 saturated heterocycles. The van der Waals surface area contributed by atoms with Gasteiger partial charge in [-0.25, -0.2) is 0 Å². The molecule has 0 spiro atoms. The Morgan fingerprint density at radius 1 is 0.564 bits per heavy atom. The van der Waals surface area contributed by atoms with Crippen molar-refractivity contribution >= 4 is 65.1 Å². The van der Waals surface area contributed by atoms with Crippen LogP contribution in [0.25, 0.3) is 25.7 Å². The highest BCUT2D eigenvalue weighted by atomic mass is 32.2. The number of phenols is 4. The minimum Gasteiger partial charge on any atom is -0.508 e. The fraction of sp³-hybridized carbons (Fsp3) is 0. The van der Waals surface area contributed by atoms with E-state index in [1.807, 2.05) is 0 Å². The first-order valence-corrected chi connectivity index (χ1v) is 16.6. The van der Waals surface area contributed by atoms with Gasteiger partial charge in [0.05, 0.1) is 31.8 Å². The minimum atomic E-state index is -4.65. The monoisotopic (exact) mass is 802 g/mol. The molecule has 0 atom stereocenters. The van der Waals surface area contributed by atoms with E-state index in [9.17, 15) is 52.3 Å². The van der Waals surface area contributed by atoms with Gasteiger partial charge in [-0.3, -0.25) is 39.4 Å². The molecule has 5 aromatic carbocycles. The molecule has 0 radical (unpaired) electrons. The van der Waals surface area contributed by atoms with Gasteiger partial charge < -0.3 is 20.4 Å². The van der Waals surface area contributed by atoms with E-state index in [0.29, 0.717) is 23.9 Å². The van der Waals surface area contributed by atoms with Gasteiger partial charge in [-0.05, 0) is 29.7 Å². The molecule has 6 N–H and O–H groups in total. The second-order valence-corrected chi connectivity index (χ2v) is 12.7. The number of fused-ring (bicyclic) bond motifs is 1. The van der Waals surface area contributed by atoms with E-state index in [0.717, 1.165) is 18.2 Å². The van der Waals surface area contributed by atoms with Crippen LogP contribution in [0.2, 0.25) is 0 Å². The molecule has 0 fully saturated rings. The molecule has 0 aromatic heterocycles. The van der Waals surface area contributed by atoms with Gasteiger partial charge >= 0.3 is 22.7 Å². The molecule has 27 heteroatoms. The summed E-state index contributed by atoms with van der Waals surface area (Å²) >= 11 is 0. The van der Waals surface area contributed by atoms with Gasteiger partial charge in [-0.2, -0.15) is 16.8 Å². The average molecular weight is 803 g/mol. The van der Waals surface area contributed by atoms with E-state index in [4.69, 9.17) is 40.6 Å². The number of rotatable bonds is 5. The maximum Gasteiger partial charge on any atom is 0.440 e. The van der Waals surface area contributed by atoms with Gasteiger partial charge in [0.2, 0.25) is 16.2 Å². The van der Waals surface area contributed by atoms with E-state index in [1.54, 1.807) is 6.07 Å². The van der Waals surface area contributed by atoms with Crippen LogP contribution in [-0.2, 0) is 20.2 Å². The molecule has 0 aliphatic heterocycles. The minimum absolute atomic E-state index is 0.0163. The van der Waals surface area contributed by atoms with Crippen LogP contribution in [0.4, 0.5) is 34.1 Å². The third kappa shape index (κ3) is 12.0. The van der Waals surface area contributed by atoms with Crippen LogP contribution in [-0.4, -0.2) is 61.1 Å². The summed E-state index contributed by atoms with van der Waals surface area (Å²) in [5.74, 6) is -1.40. The molecule has 0 aliphatic carbocycles. The standard InChI is InChI=1S/C10H6N2O7S2.C6H2N4O5.C6H4N3O2.C6H6O2/c11-12-8-3-6(20(14,15)16)1-5-2-7(21(17,18)19)4-9(13)10(5)8;7-8-4-1-3(9(12)13)2-5(6(4)11)10(14)15;7-8-5-1-3-6(4-2-5)9(10)11;7-5-2-1-3-6(8)4-5/h1-4H,(H2-,13,14,15,16,17,18,19);1-2H;1-4H;1-4,7-8H/q;;+1;/p+2. The number of phenolic OH excluding ortho intramolecular Hbond substituents is 4. The molecule has 55 heavy (non-hydrogen) atoms. The molecule has 282 valence electrons. The lowest BCUT2D eigenvalue weighted by Crippen LogP contribution is -2.00. The van der Waals surface area contributed by atoms with E-state index in [1.165, 1.54) is 42.5 Å². The van der Waals surface area contributed by atoms with Crippen molar-refractivity contribution in [3.05, 3.63) is 130 Å². The molecular formula is C28H20N9O16S2+3. The van der Waals surface area contributed by atoms with Crippen molar-refractivity contribution in [1.82, 2.24) is 0 Å². The first-order chi connectivity index (χ1) is 25.5. The van der Waals surface area contributed by atoms with Crippen LogP contribution < -0.4 is 0 Å². The number of nitrogens with zero attached hydrogens (tertiary/aromatic N) is 9. The zero-order valence-electron chi connectivity index (χ0n) is 26.7. The number of nitro benzene ring substituents is 3. The Hall–Kier alpha value is -8.16. The Morgan fingerprint density at radius 2 is 1.05 bits per heavy atom. The Morgan fingerprint density at radius 3 is 1.44 bits per heavy atom. The predicted molar refractivity (Wildman–Crippen MR) is 184 cm³/mol. The van der Waals surface area contributed by atoms with Crippen LogP contribution in [0.1, 0.15) is 0 Å². The number of hydrogen-bond donors (Lipinski definition) is 6.